The lowest BCUT2D eigenvalue weighted by Gasteiger charge is -2.35. The molecule has 4 aromatic rings. The largest absolute Gasteiger partial charge is 0.490 e. The number of hydrogen-bond acceptors (Lipinski definition) is 5. The zero-order valence-corrected chi connectivity index (χ0v) is 22.2. The molecule has 1 N–H and O–H groups in total. The molecule has 0 atom stereocenters. The number of ether oxygens (including phenoxy) is 1. The minimum Gasteiger partial charge on any atom is -0.490 e. The molecule has 7 nitrogen and oxygen atoms in total. The van der Waals surface area contributed by atoms with E-state index in [1.54, 1.807) is 17.2 Å². The number of carbonyl (C=O) groups is 1. The van der Waals surface area contributed by atoms with E-state index in [0.717, 1.165) is 71.8 Å². The van der Waals surface area contributed by atoms with Crippen LogP contribution in [0.4, 0.5) is 11.4 Å². The number of nitrogens with one attached hydrogen (secondary N) is 1. The summed E-state index contributed by atoms with van der Waals surface area (Å²) >= 11 is 6.74. The highest BCUT2D eigenvalue weighted by atomic mass is 35.5. The second-order valence-corrected chi connectivity index (χ2v) is 9.99. The van der Waals surface area contributed by atoms with E-state index < -0.39 is 0 Å². The van der Waals surface area contributed by atoms with E-state index in [0.29, 0.717) is 23.9 Å². The van der Waals surface area contributed by atoms with Crippen LogP contribution in [0.5, 0.6) is 5.75 Å². The number of rotatable bonds is 5. The van der Waals surface area contributed by atoms with Crippen LogP contribution >= 0.6 is 11.6 Å². The van der Waals surface area contributed by atoms with Gasteiger partial charge in [0.05, 0.1) is 22.9 Å². The second kappa shape index (κ2) is 10.2. The summed E-state index contributed by atoms with van der Waals surface area (Å²) in [5, 5.41) is 1.47. The molecular weight excluding hydrogens is 498 g/mol. The Kier molecular flexibility index (Phi) is 6.55. The van der Waals surface area contributed by atoms with E-state index in [2.05, 4.69) is 57.5 Å². The molecular formula is C30H30ClN5O2. The number of aromatic nitrogens is 2. The molecule has 2 aliphatic heterocycles. The Morgan fingerprint density at radius 1 is 1.08 bits per heavy atom. The Bertz CT molecular complexity index is 1510. The molecule has 0 aliphatic carbocycles. The van der Waals surface area contributed by atoms with Crippen LogP contribution in [0.2, 0.25) is 5.02 Å². The summed E-state index contributed by atoms with van der Waals surface area (Å²) in [5.41, 5.74) is 6.51. The van der Waals surface area contributed by atoms with Crippen molar-refractivity contribution < 1.29 is 9.53 Å². The van der Waals surface area contributed by atoms with Gasteiger partial charge in [-0.2, -0.15) is 0 Å². The Labute approximate surface area is 227 Å². The van der Waals surface area contributed by atoms with Crippen LogP contribution in [0.25, 0.3) is 33.4 Å². The molecule has 6 rings (SSSR count). The van der Waals surface area contributed by atoms with E-state index in [9.17, 15) is 4.79 Å². The summed E-state index contributed by atoms with van der Waals surface area (Å²) in [5.74, 6) is 0.522. The lowest BCUT2D eigenvalue weighted by atomic mass is 9.97. The topological polar surface area (TPSA) is 64.7 Å². The fourth-order valence-corrected chi connectivity index (χ4v) is 5.70. The Morgan fingerprint density at radius 3 is 2.58 bits per heavy atom. The van der Waals surface area contributed by atoms with Crippen LogP contribution in [0.3, 0.4) is 0 Å². The SMILES string of the molecule is C=CC(=O)N1CCOc2ccc(-c3c(-c4ccc(N5CCN(CC)CC5)cc4)[nH]c4nccc(Cl)c34)cc21. The highest BCUT2D eigenvalue weighted by Crippen LogP contribution is 2.44. The normalized spacial score (nSPS) is 15.8. The minimum atomic E-state index is -0.152. The van der Waals surface area contributed by atoms with Crippen molar-refractivity contribution in [3.05, 3.63) is 72.4 Å². The highest BCUT2D eigenvalue weighted by Gasteiger charge is 2.25. The molecule has 1 amide bonds. The van der Waals surface area contributed by atoms with E-state index in [-0.39, 0.29) is 5.91 Å². The number of carbonyl (C=O) groups excluding carboxylic acids is 1. The summed E-state index contributed by atoms with van der Waals surface area (Å²) in [7, 11) is 0. The first-order valence-electron chi connectivity index (χ1n) is 13.0. The van der Waals surface area contributed by atoms with Crippen molar-refractivity contribution in [3.8, 4) is 28.1 Å². The van der Waals surface area contributed by atoms with Gasteiger partial charge in [-0.1, -0.05) is 43.3 Å². The summed E-state index contributed by atoms with van der Waals surface area (Å²) < 4.78 is 5.85. The van der Waals surface area contributed by atoms with E-state index in [1.165, 1.54) is 11.8 Å². The fraction of sp³-hybridized carbons (Fsp3) is 0.267. The molecule has 194 valence electrons. The van der Waals surface area contributed by atoms with Gasteiger partial charge in [0.2, 0.25) is 0 Å². The highest BCUT2D eigenvalue weighted by molar-refractivity contribution is 6.36. The van der Waals surface area contributed by atoms with Gasteiger partial charge in [-0.3, -0.25) is 4.79 Å². The van der Waals surface area contributed by atoms with Crippen LogP contribution in [-0.2, 0) is 4.79 Å². The number of fused-ring (bicyclic) bond motifs is 2. The number of anilines is 2. The maximum Gasteiger partial charge on any atom is 0.250 e. The number of nitrogens with zero attached hydrogens (tertiary/aromatic N) is 4. The zero-order chi connectivity index (χ0) is 26.2. The molecule has 8 heteroatoms. The van der Waals surface area contributed by atoms with E-state index in [4.69, 9.17) is 16.3 Å². The zero-order valence-electron chi connectivity index (χ0n) is 21.4. The monoisotopic (exact) mass is 527 g/mol. The van der Waals surface area contributed by atoms with Crippen LogP contribution < -0.4 is 14.5 Å². The van der Waals surface area contributed by atoms with E-state index in [1.807, 2.05) is 18.2 Å². The maximum atomic E-state index is 12.6. The molecule has 2 aromatic heterocycles. The van der Waals surface area contributed by atoms with Crippen molar-refractivity contribution in [3.63, 3.8) is 0 Å². The van der Waals surface area contributed by atoms with Gasteiger partial charge in [-0.25, -0.2) is 4.98 Å². The smallest absolute Gasteiger partial charge is 0.250 e. The number of aromatic amines is 1. The number of hydrogen-bond donors (Lipinski definition) is 1. The molecule has 0 bridgehead atoms. The van der Waals surface area contributed by atoms with Gasteiger partial charge in [-0.05, 0) is 54.1 Å². The average Bonchev–Trinajstić information content (AvgIpc) is 3.37. The van der Waals surface area contributed by atoms with Crippen molar-refractivity contribution in [1.29, 1.82) is 0 Å². The van der Waals surface area contributed by atoms with Gasteiger partial charge >= 0.3 is 0 Å². The number of halogens is 1. The van der Waals surface area contributed by atoms with Gasteiger partial charge < -0.3 is 24.4 Å². The Balaban J connectivity index is 1.43. The van der Waals surface area contributed by atoms with Crippen molar-refractivity contribution in [2.24, 2.45) is 0 Å². The predicted octanol–water partition coefficient (Wildman–Crippen LogP) is 5.60. The quantitative estimate of drug-likeness (QED) is 0.342. The molecule has 1 fully saturated rings. The maximum absolute atomic E-state index is 12.6. The van der Waals surface area contributed by atoms with E-state index >= 15 is 0 Å². The molecule has 4 heterocycles. The minimum absolute atomic E-state index is 0.152. The lowest BCUT2D eigenvalue weighted by molar-refractivity contribution is -0.114. The van der Waals surface area contributed by atoms with Crippen molar-refractivity contribution in [1.82, 2.24) is 14.9 Å². The summed E-state index contributed by atoms with van der Waals surface area (Å²) in [6, 6.07) is 16.4. The number of benzene rings is 2. The van der Waals surface area contributed by atoms with Crippen molar-refractivity contribution in [2.75, 3.05) is 55.7 Å². The van der Waals surface area contributed by atoms with Gasteiger partial charge in [0.15, 0.2) is 0 Å². The Hall–Kier alpha value is -3.81. The van der Waals surface area contributed by atoms with Crippen LogP contribution in [-0.4, -0.2) is 66.7 Å². The molecule has 0 saturated carbocycles. The van der Waals surface area contributed by atoms with Crippen molar-refractivity contribution in [2.45, 2.75) is 6.92 Å². The first kappa shape index (κ1) is 24.5. The second-order valence-electron chi connectivity index (χ2n) is 9.58. The number of H-pyrrole nitrogens is 1. The third-order valence-corrected chi connectivity index (χ3v) is 7.85. The first-order valence-corrected chi connectivity index (χ1v) is 13.4. The standard InChI is InChI=1S/C30H30ClN5O2/c1-3-26(37)36-17-18-38-25-10-7-21(19-24(25)36)27-28-23(31)11-12-32-30(28)33-29(27)20-5-8-22(9-6-20)35-15-13-34(4-2)14-16-35/h3,5-12,19H,1,4,13-18H2,2H3,(H,32,33). The van der Waals surface area contributed by atoms with Crippen LogP contribution in [0, 0.1) is 0 Å². The number of piperazine rings is 1. The molecule has 0 unspecified atom stereocenters. The summed E-state index contributed by atoms with van der Waals surface area (Å²) in [6.45, 7) is 12.1. The predicted molar refractivity (Wildman–Crippen MR) is 154 cm³/mol. The number of amides is 1. The molecule has 38 heavy (non-hydrogen) atoms. The van der Waals surface area contributed by atoms with Crippen LogP contribution in [0.15, 0.2) is 67.4 Å². The first-order chi connectivity index (χ1) is 18.6. The molecule has 2 aromatic carbocycles. The Morgan fingerprint density at radius 2 is 1.84 bits per heavy atom. The molecule has 0 spiro atoms. The lowest BCUT2D eigenvalue weighted by Crippen LogP contribution is -2.46. The van der Waals surface area contributed by atoms with Gasteiger partial charge in [-0.15, -0.1) is 0 Å². The average molecular weight is 528 g/mol. The van der Waals surface area contributed by atoms with Crippen LogP contribution in [0.1, 0.15) is 6.92 Å². The third kappa shape index (κ3) is 4.31. The number of likely N-dealkylation sites (N-methyl/N-ethyl adjacent to an activating group) is 1. The van der Waals surface area contributed by atoms with Gasteiger partial charge in [0, 0.05) is 49.0 Å². The molecule has 1 saturated heterocycles. The molecule has 0 radical (unpaired) electrons. The van der Waals surface area contributed by atoms with Crippen molar-refractivity contribution >= 4 is 39.9 Å². The third-order valence-electron chi connectivity index (χ3n) is 7.54. The fourth-order valence-electron chi connectivity index (χ4n) is 5.46. The van der Waals surface area contributed by atoms with Gasteiger partial charge in [0.25, 0.3) is 5.91 Å². The molecule has 2 aliphatic rings. The summed E-state index contributed by atoms with van der Waals surface area (Å²) in [4.78, 5) is 27.3. The van der Waals surface area contributed by atoms with Gasteiger partial charge in [0.1, 0.15) is 18.0 Å². The number of pyridine rings is 1. The summed E-state index contributed by atoms with van der Waals surface area (Å²) in [6.07, 6.45) is 3.04.